The fraction of sp³-hybridized carbons (Fsp3) is 0.667. The van der Waals surface area contributed by atoms with Crippen LogP contribution in [0.5, 0.6) is 11.5 Å². The van der Waals surface area contributed by atoms with E-state index in [1.165, 1.54) is 5.56 Å². The Balaban J connectivity index is 1.57. The van der Waals surface area contributed by atoms with Crippen LogP contribution in [-0.2, 0) is 4.79 Å². The average molecular weight is 358 g/mol. The summed E-state index contributed by atoms with van der Waals surface area (Å²) in [5.74, 6) is 3.07. The molecule has 1 aromatic rings. The standard InChI is InChI=1S/C21H28N2O3/c1-13(2)20-8-22-10-21(14(3)4,19(20)24)11-23(9-20)18(22)15-5-6-16-17(7-15)26-12-25-16/h5-7,13-14,18H,8-12H2,1-4H3/p+2. The number of carbonyl (C=O) groups is 1. The predicted molar refractivity (Wildman–Crippen MR) is 96.2 cm³/mol. The van der Waals surface area contributed by atoms with Crippen LogP contribution in [0.1, 0.15) is 39.4 Å². The lowest BCUT2D eigenvalue weighted by Crippen LogP contribution is -3.41. The van der Waals surface area contributed by atoms with E-state index in [-0.39, 0.29) is 10.8 Å². The Morgan fingerprint density at radius 3 is 2.00 bits per heavy atom. The van der Waals surface area contributed by atoms with Gasteiger partial charge in [0.05, 0.1) is 5.56 Å². The van der Waals surface area contributed by atoms with Crippen molar-refractivity contribution in [2.45, 2.75) is 33.9 Å². The van der Waals surface area contributed by atoms with Gasteiger partial charge in [-0.3, -0.25) is 14.6 Å². The smallest absolute Gasteiger partial charge is 0.240 e. The molecule has 0 spiro atoms. The van der Waals surface area contributed by atoms with Gasteiger partial charge in [0.25, 0.3) is 0 Å². The van der Waals surface area contributed by atoms with E-state index in [9.17, 15) is 4.79 Å². The molecule has 5 nitrogen and oxygen atoms in total. The highest BCUT2D eigenvalue weighted by atomic mass is 16.7. The van der Waals surface area contributed by atoms with Gasteiger partial charge in [0.2, 0.25) is 13.0 Å². The molecule has 5 heterocycles. The molecule has 140 valence electrons. The Bertz CT molecular complexity index is 727. The second-order valence-corrected chi connectivity index (χ2v) is 9.52. The third-order valence-corrected chi connectivity index (χ3v) is 7.83. The maximum atomic E-state index is 13.6. The van der Waals surface area contributed by atoms with Crippen LogP contribution >= 0.6 is 0 Å². The fourth-order valence-electron chi connectivity index (χ4n) is 6.29. The van der Waals surface area contributed by atoms with E-state index < -0.39 is 0 Å². The topological polar surface area (TPSA) is 44.4 Å². The van der Waals surface area contributed by atoms with E-state index in [2.05, 4.69) is 39.8 Å². The molecule has 0 aliphatic carbocycles. The van der Waals surface area contributed by atoms with E-state index in [0.29, 0.717) is 30.6 Å². The molecule has 0 radical (unpaired) electrons. The fourth-order valence-corrected chi connectivity index (χ4v) is 6.29. The number of hydrogen-bond donors (Lipinski definition) is 2. The lowest BCUT2D eigenvalue weighted by molar-refractivity contribution is -1.18. The molecule has 4 fully saturated rings. The zero-order chi connectivity index (χ0) is 18.3. The first-order valence-electron chi connectivity index (χ1n) is 10.0. The van der Waals surface area contributed by atoms with Crippen molar-refractivity contribution in [1.29, 1.82) is 0 Å². The summed E-state index contributed by atoms with van der Waals surface area (Å²) in [5.41, 5.74) is 1.01. The highest BCUT2D eigenvalue weighted by molar-refractivity contribution is 5.92. The van der Waals surface area contributed by atoms with Crippen LogP contribution in [-0.4, -0.2) is 38.8 Å². The van der Waals surface area contributed by atoms with Gasteiger partial charge in [0.1, 0.15) is 37.0 Å². The largest absolute Gasteiger partial charge is 0.454 e. The quantitative estimate of drug-likeness (QED) is 0.804. The zero-order valence-electron chi connectivity index (χ0n) is 16.2. The summed E-state index contributed by atoms with van der Waals surface area (Å²) in [5, 5.41) is 0. The molecule has 1 aromatic carbocycles. The summed E-state index contributed by atoms with van der Waals surface area (Å²) in [6.45, 7) is 13.2. The summed E-state index contributed by atoms with van der Waals surface area (Å²) in [7, 11) is 0. The number of nitrogens with one attached hydrogen (secondary N) is 2. The molecular formula is C21H30N2O3+2. The van der Waals surface area contributed by atoms with Crippen molar-refractivity contribution in [3.8, 4) is 11.5 Å². The molecule has 5 aliphatic heterocycles. The second kappa shape index (κ2) is 5.23. The van der Waals surface area contributed by atoms with Gasteiger partial charge in [-0.05, 0) is 30.0 Å². The van der Waals surface area contributed by atoms with Crippen molar-refractivity contribution in [3.05, 3.63) is 23.8 Å². The van der Waals surface area contributed by atoms with Crippen LogP contribution in [0.2, 0.25) is 0 Å². The van der Waals surface area contributed by atoms with Crippen LogP contribution in [0.15, 0.2) is 18.2 Å². The van der Waals surface area contributed by atoms with Gasteiger partial charge in [-0.15, -0.1) is 0 Å². The first kappa shape index (κ1) is 16.6. The normalized spacial score (nSPS) is 40.1. The minimum atomic E-state index is -0.154. The van der Waals surface area contributed by atoms with Gasteiger partial charge >= 0.3 is 0 Å². The number of hydrogen-bond acceptors (Lipinski definition) is 3. The molecule has 0 atom stereocenters. The molecule has 6 rings (SSSR count). The van der Waals surface area contributed by atoms with Gasteiger partial charge < -0.3 is 9.47 Å². The lowest BCUT2D eigenvalue weighted by atomic mass is 9.53. The van der Waals surface area contributed by atoms with Crippen molar-refractivity contribution in [1.82, 2.24) is 0 Å². The van der Waals surface area contributed by atoms with Gasteiger partial charge in [-0.1, -0.05) is 27.7 Å². The van der Waals surface area contributed by atoms with Crippen molar-refractivity contribution >= 4 is 5.78 Å². The van der Waals surface area contributed by atoms with E-state index in [1.54, 1.807) is 9.80 Å². The highest BCUT2D eigenvalue weighted by Gasteiger charge is 2.72. The predicted octanol–water partition coefficient (Wildman–Crippen LogP) is 0.0784. The van der Waals surface area contributed by atoms with Crippen LogP contribution in [0, 0.1) is 22.7 Å². The molecule has 2 N–H and O–H groups in total. The van der Waals surface area contributed by atoms with Crippen LogP contribution in [0.4, 0.5) is 0 Å². The third-order valence-electron chi connectivity index (χ3n) is 7.83. The summed E-state index contributed by atoms with van der Waals surface area (Å²) >= 11 is 0. The van der Waals surface area contributed by atoms with Crippen LogP contribution in [0.25, 0.3) is 0 Å². The van der Waals surface area contributed by atoms with Crippen molar-refractivity contribution in [2.75, 3.05) is 33.0 Å². The summed E-state index contributed by atoms with van der Waals surface area (Å²) in [6, 6.07) is 6.42. The molecular weight excluding hydrogens is 328 g/mol. The highest BCUT2D eigenvalue weighted by Crippen LogP contribution is 2.45. The first-order valence-corrected chi connectivity index (χ1v) is 10.0. The number of ether oxygens (including phenoxy) is 2. The molecule has 0 saturated carbocycles. The number of fused-ring (bicyclic) bond motifs is 1. The molecule has 0 unspecified atom stereocenters. The van der Waals surface area contributed by atoms with Crippen molar-refractivity contribution in [3.63, 3.8) is 0 Å². The summed E-state index contributed by atoms with van der Waals surface area (Å²) in [6.07, 6.45) is 0.399. The molecule has 0 aromatic heterocycles. The van der Waals surface area contributed by atoms with Gasteiger partial charge in [-0.25, -0.2) is 0 Å². The van der Waals surface area contributed by atoms with E-state index in [4.69, 9.17) is 9.47 Å². The van der Waals surface area contributed by atoms with Crippen LogP contribution in [0.3, 0.4) is 0 Å². The average Bonchev–Trinajstić information content (AvgIpc) is 3.05. The Morgan fingerprint density at radius 2 is 1.46 bits per heavy atom. The number of rotatable bonds is 3. The SMILES string of the molecule is CC(C)C12C[NH+]3CC(C(C)C)(C[NH+](C1)C3c1ccc3c(c1)OCO3)C2=O. The van der Waals surface area contributed by atoms with E-state index in [1.807, 2.05) is 6.07 Å². The maximum Gasteiger partial charge on any atom is 0.240 e. The number of quaternary nitrogens is 2. The monoisotopic (exact) mass is 358 g/mol. The molecule has 5 heteroatoms. The minimum Gasteiger partial charge on any atom is -0.454 e. The van der Waals surface area contributed by atoms with Gasteiger partial charge in [0.15, 0.2) is 17.3 Å². The lowest BCUT2D eigenvalue weighted by Gasteiger charge is -2.62. The van der Waals surface area contributed by atoms with Gasteiger partial charge in [-0.2, -0.15) is 0 Å². The van der Waals surface area contributed by atoms with E-state index in [0.717, 1.165) is 37.7 Å². The number of benzene rings is 1. The summed E-state index contributed by atoms with van der Waals surface area (Å²) in [4.78, 5) is 16.8. The second-order valence-electron chi connectivity index (χ2n) is 9.52. The Kier molecular flexibility index (Phi) is 3.33. The van der Waals surface area contributed by atoms with Crippen LogP contribution < -0.4 is 19.3 Å². The van der Waals surface area contributed by atoms with Crippen molar-refractivity contribution in [2.24, 2.45) is 22.7 Å². The molecule has 4 bridgehead atoms. The number of Topliss-reactive ketones (excluding diaryl/α,β-unsaturated/α-hetero) is 1. The first-order chi connectivity index (χ1) is 12.4. The van der Waals surface area contributed by atoms with Gasteiger partial charge in [0, 0.05) is 0 Å². The number of carbonyl (C=O) groups excluding carboxylic acids is 1. The Labute approximate surface area is 155 Å². The van der Waals surface area contributed by atoms with E-state index >= 15 is 0 Å². The Morgan fingerprint density at radius 1 is 0.923 bits per heavy atom. The maximum absolute atomic E-state index is 13.6. The summed E-state index contributed by atoms with van der Waals surface area (Å²) < 4.78 is 11.1. The molecule has 0 amide bonds. The minimum absolute atomic E-state index is 0.154. The molecule has 26 heavy (non-hydrogen) atoms. The third kappa shape index (κ3) is 1.91. The molecule has 5 aliphatic rings. The Hall–Kier alpha value is -1.59. The van der Waals surface area contributed by atoms with Crippen molar-refractivity contribution < 1.29 is 24.1 Å². The zero-order valence-corrected chi connectivity index (χ0v) is 16.2. The number of ketones is 1. The molecule has 4 saturated heterocycles. The number of piperidine rings is 2.